The molecule has 2 N–H and O–H groups in total. The predicted octanol–water partition coefficient (Wildman–Crippen LogP) is 1.78. The van der Waals surface area contributed by atoms with E-state index in [1.807, 2.05) is 6.92 Å². The third-order valence-corrected chi connectivity index (χ3v) is 3.84. The molecule has 1 heterocycles. The Hall–Kier alpha value is -0.420. The number of hydrogen-bond donors (Lipinski definition) is 2. The van der Waals surface area contributed by atoms with Crippen molar-refractivity contribution in [3.63, 3.8) is 0 Å². The molecule has 0 spiro atoms. The van der Waals surface area contributed by atoms with Crippen molar-refractivity contribution in [2.45, 2.75) is 26.7 Å². The fourth-order valence-electron chi connectivity index (χ4n) is 1.75. The Balaban J connectivity index is 3.50. The standard InChI is InChI=1S/C10H14BrO5P/c1-3-6-7(4-2)10(17(13,14)15)16-9(6)8(12)5-11/h3-5H2,1-2H3,(H2,13,14,15). The molecule has 0 saturated heterocycles. The molecule has 0 aliphatic carbocycles. The SMILES string of the molecule is CCc1c(C(=O)CBr)oc(P(=O)(O)O)c1CC. The second-order valence-electron chi connectivity index (χ2n) is 3.50. The highest BCUT2D eigenvalue weighted by molar-refractivity contribution is 9.09. The first-order chi connectivity index (χ1) is 7.86. The van der Waals surface area contributed by atoms with Crippen LogP contribution in [0.4, 0.5) is 0 Å². The molecule has 0 amide bonds. The van der Waals surface area contributed by atoms with Crippen LogP contribution in [0.3, 0.4) is 0 Å². The second kappa shape index (κ2) is 5.48. The molecule has 17 heavy (non-hydrogen) atoms. The molecule has 0 aliphatic heterocycles. The van der Waals surface area contributed by atoms with E-state index < -0.39 is 7.60 Å². The lowest BCUT2D eigenvalue weighted by molar-refractivity contribution is 0.0993. The molecule has 7 heteroatoms. The monoisotopic (exact) mass is 324 g/mol. The molecule has 1 aromatic rings. The highest BCUT2D eigenvalue weighted by Gasteiger charge is 2.31. The van der Waals surface area contributed by atoms with Gasteiger partial charge < -0.3 is 14.2 Å². The van der Waals surface area contributed by atoms with Gasteiger partial charge in [-0.3, -0.25) is 9.36 Å². The molecule has 1 rings (SSSR count). The van der Waals surface area contributed by atoms with Crippen molar-refractivity contribution in [3.05, 3.63) is 16.9 Å². The molecule has 0 bridgehead atoms. The number of furan rings is 1. The minimum Gasteiger partial charge on any atom is -0.444 e. The van der Waals surface area contributed by atoms with Gasteiger partial charge in [-0.2, -0.15) is 0 Å². The van der Waals surface area contributed by atoms with Crippen LogP contribution in [0.1, 0.15) is 35.5 Å². The summed E-state index contributed by atoms with van der Waals surface area (Å²) in [6.07, 6.45) is 0.920. The molecule has 0 fully saturated rings. The minimum absolute atomic E-state index is 0.0551. The predicted molar refractivity (Wildman–Crippen MR) is 67.3 cm³/mol. The van der Waals surface area contributed by atoms with E-state index in [1.165, 1.54) is 0 Å². The van der Waals surface area contributed by atoms with Crippen molar-refractivity contribution < 1.29 is 23.6 Å². The fraction of sp³-hybridized carbons (Fsp3) is 0.500. The van der Waals surface area contributed by atoms with Gasteiger partial charge in [-0.25, -0.2) is 0 Å². The van der Waals surface area contributed by atoms with Crippen molar-refractivity contribution in [2.75, 3.05) is 5.33 Å². The number of ketones is 1. The van der Waals surface area contributed by atoms with Crippen LogP contribution in [0.5, 0.6) is 0 Å². The van der Waals surface area contributed by atoms with Crippen molar-refractivity contribution in [1.29, 1.82) is 0 Å². The number of carbonyl (C=O) groups excluding carboxylic acids is 1. The average molecular weight is 325 g/mol. The largest absolute Gasteiger partial charge is 0.444 e. The third-order valence-electron chi connectivity index (χ3n) is 2.44. The van der Waals surface area contributed by atoms with Crippen molar-refractivity contribution in [2.24, 2.45) is 0 Å². The van der Waals surface area contributed by atoms with Crippen LogP contribution in [0, 0.1) is 0 Å². The molecular formula is C10H14BrO5P. The zero-order valence-electron chi connectivity index (χ0n) is 9.57. The number of Topliss-reactive ketones (excluding diaryl/α,β-unsaturated/α-hetero) is 1. The van der Waals surface area contributed by atoms with Crippen LogP contribution < -0.4 is 5.50 Å². The molecule has 0 aliphatic rings. The highest BCUT2D eigenvalue weighted by atomic mass is 79.9. The molecule has 0 radical (unpaired) electrons. The first-order valence-corrected chi connectivity index (χ1v) is 7.89. The van der Waals surface area contributed by atoms with Crippen LogP contribution in [0.25, 0.3) is 0 Å². The molecule has 0 atom stereocenters. The van der Waals surface area contributed by atoms with Gasteiger partial charge in [-0.1, -0.05) is 29.8 Å². The van der Waals surface area contributed by atoms with E-state index in [1.54, 1.807) is 6.92 Å². The van der Waals surface area contributed by atoms with E-state index in [2.05, 4.69) is 15.9 Å². The summed E-state index contributed by atoms with van der Waals surface area (Å²) in [7, 11) is -4.48. The Bertz CT molecular complexity index is 473. The van der Waals surface area contributed by atoms with Gasteiger partial charge in [-0.05, 0) is 12.8 Å². The maximum absolute atomic E-state index is 11.6. The number of hydrogen-bond acceptors (Lipinski definition) is 3. The van der Waals surface area contributed by atoms with Gasteiger partial charge >= 0.3 is 7.60 Å². The Morgan fingerprint density at radius 3 is 2.18 bits per heavy atom. The van der Waals surface area contributed by atoms with Crippen molar-refractivity contribution in [1.82, 2.24) is 0 Å². The molecule has 5 nitrogen and oxygen atoms in total. The van der Waals surface area contributed by atoms with Crippen LogP contribution in [0.2, 0.25) is 0 Å². The van der Waals surface area contributed by atoms with Gasteiger partial charge in [0.2, 0.25) is 11.3 Å². The van der Waals surface area contributed by atoms with Crippen molar-refractivity contribution in [3.8, 4) is 0 Å². The normalized spacial score (nSPS) is 11.8. The smallest absolute Gasteiger partial charge is 0.391 e. The summed E-state index contributed by atoms with van der Waals surface area (Å²) in [5.74, 6) is -0.254. The number of halogens is 1. The Morgan fingerprint density at radius 1 is 1.29 bits per heavy atom. The maximum atomic E-state index is 11.6. The molecule has 96 valence electrons. The molecule has 0 saturated carbocycles. The van der Waals surface area contributed by atoms with Gasteiger partial charge in [0.1, 0.15) is 0 Å². The van der Waals surface area contributed by atoms with Crippen LogP contribution in [0.15, 0.2) is 4.42 Å². The van der Waals surface area contributed by atoms with Crippen LogP contribution in [-0.2, 0) is 17.4 Å². The molecule has 1 aromatic heterocycles. The number of rotatable bonds is 5. The van der Waals surface area contributed by atoms with Gasteiger partial charge in [0.25, 0.3) is 0 Å². The van der Waals surface area contributed by atoms with Gasteiger partial charge in [-0.15, -0.1) is 0 Å². The lowest BCUT2D eigenvalue weighted by Crippen LogP contribution is -2.07. The van der Waals surface area contributed by atoms with Gasteiger partial charge in [0, 0.05) is 11.1 Å². The van der Waals surface area contributed by atoms with E-state index >= 15 is 0 Å². The zero-order chi connectivity index (χ0) is 13.2. The Labute approximate surface area is 107 Å². The quantitative estimate of drug-likeness (QED) is 0.489. The number of alkyl halides is 1. The Morgan fingerprint density at radius 2 is 1.82 bits per heavy atom. The van der Waals surface area contributed by atoms with Gasteiger partial charge in [0.15, 0.2) is 5.76 Å². The number of carbonyl (C=O) groups is 1. The highest BCUT2D eigenvalue weighted by Crippen LogP contribution is 2.38. The third kappa shape index (κ3) is 2.88. The first-order valence-electron chi connectivity index (χ1n) is 5.16. The summed E-state index contributed by atoms with van der Waals surface area (Å²) in [5.41, 5.74) is 0.668. The summed E-state index contributed by atoms with van der Waals surface area (Å²) >= 11 is 3.02. The maximum Gasteiger partial charge on any atom is 0.391 e. The van der Waals surface area contributed by atoms with Gasteiger partial charge in [0.05, 0.1) is 5.33 Å². The zero-order valence-corrected chi connectivity index (χ0v) is 12.0. The minimum atomic E-state index is -4.48. The summed E-state index contributed by atoms with van der Waals surface area (Å²) in [6.45, 7) is 3.59. The average Bonchev–Trinajstić information content (AvgIpc) is 2.65. The van der Waals surface area contributed by atoms with E-state index in [9.17, 15) is 19.1 Å². The topological polar surface area (TPSA) is 87.7 Å². The molecular weight excluding hydrogens is 311 g/mol. The second-order valence-corrected chi connectivity index (χ2v) is 5.56. The molecule has 0 aromatic carbocycles. The first kappa shape index (κ1) is 14.6. The van der Waals surface area contributed by atoms with Crippen molar-refractivity contribution >= 4 is 34.8 Å². The van der Waals surface area contributed by atoms with E-state index in [-0.39, 0.29) is 22.4 Å². The summed E-state index contributed by atoms with van der Waals surface area (Å²) in [6, 6.07) is 0. The Kier molecular flexibility index (Phi) is 4.72. The summed E-state index contributed by atoms with van der Waals surface area (Å²) in [5, 5.41) is 0.0667. The lowest BCUT2D eigenvalue weighted by Gasteiger charge is -2.02. The fourth-order valence-corrected chi connectivity index (χ4v) is 2.86. The van der Waals surface area contributed by atoms with E-state index in [4.69, 9.17) is 4.42 Å². The van der Waals surface area contributed by atoms with Crippen LogP contribution >= 0.6 is 23.5 Å². The molecule has 0 unspecified atom stereocenters. The van der Waals surface area contributed by atoms with E-state index in [0.717, 1.165) is 0 Å². The summed E-state index contributed by atoms with van der Waals surface area (Å²) < 4.78 is 16.4. The lowest BCUT2D eigenvalue weighted by atomic mass is 10.0. The van der Waals surface area contributed by atoms with Crippen LogP contribution in [-0.4, -0.2) is 20.9 Å². The van der Waals surface area contributed by atoms with E-state index in [0.29, 0.717) is 24.0 Å². The summed E-state index contributed by atoms with van der Waals surface area (Å²) in [4.78, 5) is 30.0.